The third kappa shape index (κ3) is 3.27. The fourth-order valence-electron chi connectivity index (χ4n) is 1.91. The lowest BCUT2D eigenvalue weighted by Crippen LogP contribution is -2.27. The van der Waals surface area contributed by atoms with E-state index < -0.39 is 0 Å². The molecule has 18 heavy (non-hydrogen) atoms. The molecule has 2 aromatic heterocycles. The van der Waals surface area contributed by atoms with E-state index in [2.05, 4.69) is 23.0 Å². The Kier molecular flexibility index (Phi) is 4.28. The number of rotatable bonds is 6. The molecule has 0 spiro atoms. The van der Waals surface area contributed by atoms with Crippen LogP contribution in [-0.2, 0) is 6.54 Å². The summed E-state index contributed by atoms with van der Waals surface area (Å²) >= 11 is 4.91. The first-order valence-corrected chi connectivity index (χ1v) is 6.53. The second-order valence-electron chi connectivity index (χ2n) is 4.28. The van der Waals surface area contributed by atoms with E-state index in [1.165, 1.54) is 0 Å². The lowest BCUT2D eigenvalue weighted by atomic mass is 10.3. The zero-order valence-corrected chi connectivity index (χ0v) is 11.4. The fourth-order valence-corrected chi connectivity index (χ4v) is 2.00. The largest absolute Gasteiger partial charge is 0.393 e. The molecule has 4 nitrogen and oxygen atoms in total. The van der Waals surface area contributed by atoms with Crippen LogP contribution < -0.4 is 5.73 Å². The number of aromatic nitrogens is 2. The van der Waals surface area contributed by atoms with Crippen LogP contribution in [0.4, 0.5) is 0 Å². The van der Waals surface area contributed by atoms with Gasteiger partial charge < -0.3 is 10.1 Å². The van der Waals surface area contributed by atoms with Crippen molar-refractivity contribution in [3.63, 3.8) is 0 Å². The molecule has 2 heterocycles. The summed E-state index contributed by atoms with van der Waals surface area (Å²) in [7, 11) is 0. The van der Waals surface area contributed by atoms with Crippen LogP contribution in [0, 0.1) is 0 Å². The number of pyridine rings is 1. The Balaban J connectivity index is 2.04. The molecule has 0 amide bonds. The van der Waals surface area contributed by atoms with Crippen molar-refractivity contribution in [2.75, 3.05) is 13.1 Å². The summed E-state index contributed by atoms with van der Waals surface area (Å²) in [5.41, 5.74) is 7.59. The highest BCUT2D eigenvalue weighted by Crippen LogP contribution is 2.07. The van der Waals surface area contributed by atoms with Crippen molar-refractivity contribution in [1.82, 2.24) is 14.3 Å². The summed E-state index contributed by atoms with van der Waals surface area (Å²) in [6.07, 6.45) is 4.84. The van der Waals surface area contributed by atoms with Gasteiger partial charge in [-0.1, -0.05) is 25.2 Å². The van der Waals surface area contributed by atoms with Gasteiger partial charge in [-0.25, -0.2) is 4.98 Å². The van der Waals surface area contributed by atoms with Crippen LogP contribution in [0.2, 0.25) is 0 Å². The predicted molar refractivity (Wildman–Crippen MR) is 77.5 cm³/mol. The molecule has 0 saturated carbocycles. The van der Waals surface area contributed by atoms with Gasteiger partial charge in [-0.15, -0.1) is 0 Å². The van der Waals surface area contributed by atoms with Gasteiger partial charge in [0.15, 0.2) is 0 Å². The van der Waals surface area contributed by atoms with Crippen molar-refractivity contribution >= 4 is 22.9 Å². The van der Waals surface area contributed by atoms with Gasteiger partial charge in [0.25, 0.3) is 0 Å². The Morgan fingerprint density at radius 3 is 3.00 bits per heavy atom. The summed E-state index contributed by atoms with van der Waals surface area (Å²) in [4.78, 5) is 7.45. The minimum atomic E-state index is 0.573. The molecule has 0 aliphatic rings. The third-order valence-corrected chi connectivity index (χ3v) is 3.13. The Morgan fingerprint density at radius 2 is 2.33 bits per heavy atom. The normalized spacial score (nSPS) is 11.2. The Bertz CT molecular complexity index is 502. The highest BCUT2D eigenvalue weighted by atomic mass is 32.1. The summed E-state index contributed by atoms with van der Waals surface area (Å²) in [6.45, 7) is 4.83. The SMILES string of the molecule is CCN(CCC(N)=S)Cc1cn2ccccc2n1. The average molecular weight is 262 g/mol. The zero-order valence-electron chi connectivity index (χ0n) is 10.5. The number of nitrogens with two attached hydrogens (primary N) is 1. The smallest absolute Gasteiger partial charge is 0.137 e. The van der Waals surface area contributed by atoms with Crippen LogP contribution in [0.25, 0.3) is 5.65 Å². The second-order valence-corrected chi connectivity index (χ2v) is 4.81. The van der Waals surface area contributed by atoms with E-state index in [0.29, 0.717) is 4.99 Å². The Hall–Kier alpha value is -1.46. The maximum atomic E-state index is 5.54. The van der Waals surface area contributed by atoms with Crippen molar-refractivity contribution in [2.45, 2.75) is 19.9 Å². The summed E-state index contributed by atoms with van der Waals surface area (Å²) in [5.74, 6) is 0. The van der Waals surface area contributed by atoms with E-state index in [0.717, 1.165) is 37.4 Å². The zero-order chi connectivity index (χ0) is 13.0. The standard InChI is InChI=1S/C13H18N4S/c1-2-16(8-6-12(14)18)9-11-10-17-7-4-3-5-13(17)15-11/h3-5,7,10H,2,6,8-9H2,1H3,(H2,14,18). The average Bonchev–Trinajstić information content (AvgIpc) is 2.76. The molecule has 0 bridgehead atoms. The second kappa shape index (κ2) is 5.93. The maximum Gasteiger partial charge on any atom is 0.137 e. The number of thiocarbonyl (C=S) groups is 1. The minimum Gasteiger partial charge on any atom is -0.393 e. The monoisotopic (exact) mass is 262 g/mol. The summed E-state index contributed by atoms with van der Waals surface area (Å²) < 4.78 is 2.04. The van der Waals surface area contributed by atoms with Gasteiger partial charge in [0.05, 0.1) is 10.7 Å². The molecule has 0 aliphatic carbocycles. The van der Waals surface area contributed by atoms with Crippen LogP contribution >= 0.6 is 12.2 Å². The van der Waals surface area contributed by atoms with Crippen LogP contribution in [0.15, 0.2) is 30.6 Å². The molecule has 0 radical (unpaired) electrons. The van der Waals surface area contributed by atoms with E-state index in [1.807, 2.05) is 28.8 Å². The van der Waals surface area contributed by atoms with Gasteiger partial charge >= 0.3 is 0 Å². The number of hydrogen-bond donors (Lipinski definition) is 1. The van der Waals surface area contributed by atoms with Crippen molar-refractivity contribution in [3.8, 4) is 0 Å². The van der Waals surface area contributed by atoms with Crippen molar-refractivity contribution < 1.29 is 0 Å². The van der Waals surface area contributed by atoms with E-state index in [9.17, 15) is 0 Å². The van der Waals surface area contributed by atoms with E-state index in [1.54, 1.807) is 0 Å². The molecule has 5 heteroatoms. The van der Waals surface area contributed by atoms with E-state index in [4.69, 9.17) is 18.0 Å². The van der Waals surface area contributed by atoms with Gasteiger partial charge in [0, 0.05) is 31.9 Å². The molecule has 2 aromatic rings. The van der Waals surface area contributed by atoms with Crippen LogP contribution in [0.1, 0.15) is 19.0 Å². The first kappa shape index (κ1) is 13.0. The van der Waals surface area contributed by atoms with Crippen LogP contribution in [0.5, 0.6) is 0 Å². The van der Waals surface area contributed by atoms with E-state index >= 15 is 0 Å². The lowest BCUT2D eigenvalue weighted by molar-refractivity contribution is 0.286. The quantitative estimate of drug-likeness (QED) is 0.807. The fraction of sp³-hybridized carbons (Fsp3) is 0.385. The van der Waals surface area contributed by atoms with Gasteiger partial charge in [0.2, 0.25) is 0 Å². The molecule has 0 unspecified atom stereocenters. The van der Waals surface area contributed by atoms with Gasteiger partial charge in [-0.2, -0.15) is 0 Å². The molecule has 0 aromatic carbocycles. The van der Waals surface area contributed by atoms with E-state index in [-0.39, 0.29) is 0 Å². The highest BCUT2D eigenvalue weighted by Gasteiger charge is 2.07. The molecule has 2 N–H and O–H groups in total. The number of nitrogens with zero attached hydrogens (tertiary/aromatic N) is 3. The molecule has 2 rings (SSSR count). The van der Waals surface area contributed by atoms with Gasteiger partial charge in [0.1, 0.15) is 5.65 Å². The molecule has 0 saturated heterocycles. The van der Waals surface area contributed by atoms with Gasteiger partial charge in [-0.3, -0.25) is 4.90 Å². The maximum absolute atomic E-state index is 5.54. The summed E-state index contributed by atoms with van der Waals surface area (Å²) in [5, 5.41) is 0. The molecule has 0 atom stereocenters. The first-order valence-electron chi connectivity index (χ1n) is 6.12. The molecule has 0 fully saturated rings. The topological polar surface area (TPSA) is 46.6 Å². The lowest BCUT2D eigenvalue weighted by Gasteiger charge is -2.18. The van der Waals surface area contributed by atoms with Gasteiger partial charge in [-0.05, 0) is 18.7 Å². The van der Waals surface area contributed by atoms with Crippen LogP contribution in [-0.4, -0.2) is 32.4 Å². The Labute approximate surface area is 112 Å². The highest BCUT2D eigenvalue weighted by molar-refractivity contribution is 7.80. The molecular weight excluding hydrogens is 244 g/mol. The predicted octanol–water partition coefficient (Wildman–Crippen LogP) is 1.83. The molecule has 96 valence electrons. The molecule has 0 aliphatic heterocycles. The number of fused-ring (bicyclic) bond motifs is 1. The van der Waals surface area contributed by atoms with Crippen molar-refractivity contribution in [2.24, 2.45) is 5.73 Å². The Morgan fingerprint density at radius 1 is 1.50 bits per heavy atom. The molecular formula is C13H18N4S. The summed E-state index contributed by atoms with van der Waals surface area (Å²) in [6, 6.07) is 6.01. The third-order valence-electron chi connectivity index (χ3n) is 2.92. The number of imidazole rings is 1. The van der Waals surface area contributed by atoms with Crippen molar-refractivity contribution in [3.05, 3.63) is 36.3 Å². The number of hydrogen-bond acceptors (Lipinski definition) is 3. The first-order chi connectivity index (χ1) is 8.69. The van der Waals surface area contributed by atoms with Crippen molar-refractivity contribution in [1.29, 1.82) is 0 Å². The minimum absolute atomic E-state index is 0.573. The van der Waals surface area contributed by atoms with Crippen LogP contribution in [0.3, 0.4) is 0 Å².